The van der Waals surface area contributed by atoms with Gasteiger partial charge in [0.15, 0.2) is 0 Å². The summed E-state index contributed by atoms with van der Waals surface area (Å²) < 4.78 is 11.2. The maximum Gasteiger partial charge on any atom is 0.310 e. The Morgan fingerprint density at radius 1 is 1.15 bits per heavy atom. The maximum atomic E-state index is 12.5. The number of hydrogen-bond donors (Lipinski definition) is 0. The first-order valence-electron chi connectivity index (χ1n) is 8.66. The quantitative estimate of drug-likeness (QED) is 0.504. The first kappa shape index (κ1) is 20.6. The van der Waals surface area contributed by atoms with Gasteiger partial charge in [-0.3, -0.25) is 4.79 Å². The Bertz CT molecular complexity index is 731. The molecular formula is C21H24Cl2O3. The van der Waals surface area contributed by atoms with Crippen molar-refractivity contribution in [3.05, 3.63) is 70.1 Å². The number of hydrogen-bond acceptors (Lipinski definition) is 3. The van der Waals surface area contributed by atoms with Crippen molar-refractivity contribution in [1.82, 2.24) is 0 Å². The van der Waals surface area contributed by atoms with Crippen molar-refractivity contribution in [2.75, 3.05) is 0 Å². The molecule has 0 N–H and O–H groups in total. The largest absolute Gasteiger partial charge is 0.469 e. The molecule has 2 atom stereocenters. The third-order valence-electron chi connectivity index (χ3n) is 4.26. The minimum Gasteiger partial charge on any atom is -0.469 e. The fourth-order valence-corrected chi connectivity index (χ4v) is 3.44. The molecule has 1 heterocycles. The van der Waals surface area contributed by atoms with Crippen molar-refractivity contribution in [2.24, 2.45) is 17.8 Å². The average molecular weight is 395 g/mol. The molecule has 1 aromatic carbocycles. The van der Waals surface area contributed by atoms with E-state index in [1.165, 1.54) is 5.56 Å². The lowest BCUT2D eigenvalue weighted by Crippen LogP contribution is -2.28. The highest BCUT2D eigenvalue weighted by molar-refractivity contribution is 6.55. The summed E-state index contributed by atoms with van der Waals surface area (Å²) in [6, 6.07) is 12.0. The lowest BCUT2D eigenvalue weighted by molar-refractivity contribution is -0.152. The Kier molecular flexibility index (Phi) is 7.80. The Hall–Kier alpha value is -1.71. The van der Waals surface area contributed by atoms with Crippen LogP contribution in [0.1, 0.15) is 37.7 Å². The van der Waals surface area contributed by atoms with Gasteiger partial charge in [-0.2, -0.15) is 0 Å². The van der Waals surface area contributed by atoms with E-state index in [9.17, 15) is 4.79 Å². The maximum absolute atomic E-state index is 12.5. The van der Waals surface area contributed by atoms with Crippen LogP contribution in [0.2, 0.25) is 0 Å². The smallest absolute Gasteiger partial charge is 0.310 e. The zero-order valence-electron chi connectivity index (χ0n) is 15.2. The summed E-state index contributed by atoms with van der Waals surface area (Å²) >= 11 is 11.5. The third kappa shape index (κ3) is 6.22. The van der Waals surface area contributed by atoms with Gasteiger partial charge in [0.1, 0.15) is 16.9 Å². The third-order valence-corrected chi connectivity index (χ3v) is 4.51. The second-order valence-electron chi connectivity index (χ2n) is 6.78. The molecule has 26 heavy (non-hydrogen) atoms. The molecule has 0 saturated carbocycles. The predicted molar refractivity (Wildman–Crippen MR) is 105 cm³/mol. The molecule has 0 aliphatic carbocycles. The molecule has 0 bridgehead atoms. The summed E-state index contributed by atoms with van der Waals surface area (Å²) in [5.41, 5.74) is 2.01. The van der Waals surface area contributed by atoms with Crippen molar-refractivity contribution in [3.8, 4) is 0 Å². The molecule has 0 fully saturated rings. The van der Waals surface area contributed by atoms with Crippen LogP contribution >= 0.6 is 23.2 Å². The molecule has 0 radical (unpaired) electrons. The van der Waals surface area contributed by atoms with Crippen LogP contribution in [0.3, 0.4) is 0 Å². The number of carbonyl (C=O) groups is 1. The zero-order chi connectivity index (χ0) is 19.1. The molecule has 3 nitrogen and oxygen atoms in total. The molecule has 0 amide bonds. The van der Waals surface area contributed by atoms with E-state index in [-0.39, 0.29) is 34.8 Å². The average Bonchev–Trinajstić information content (AvgIpc) is 3.00. The second kappa shape index (κ2) is 9.84. The van der Waals surface area contributed by atoms with E-state index in [2.05, 4.69) is 0 Å². The van der Waals surface area contributed by atoms with E-state index in [1.807, 2.05) is 57.2 Å². The van der Waals surface area contributed by atoms with Gasteiger partial charge in [0, 0.05) is 12.0 Å². The van der Waals surface area contributed by atoms with Gasteiger partial charge in [-0.1, -0.05) is 80.4 Å². The van der Waals surface area contributed by atoms with E-state index < -0.39 is 0 Å². The van der Waals surface area contributed by atoms with Crippen LogP contribution in [-0.2, 0) is 22.6 Å². The molecule has 5 heteroatoms. The SMILES string of the molecule is CC(C)C(C(=O)OCc1coc(Cc2ccccc2)c1)C(C)C=C(Cl)Cl. The summed E-state index contributed by atoms with van der Waals surface area (Å²) in [6.45, 7) is 6.06. The number of carbonyl (C=O) groups excluding carboxylic acids is 1. The summed E-state index contributed by atoms with van der Waals surface area (Å²) in [5, 5.41) is 0. The highest BCUT2D eigenvalue weighted by Crippen LogP contribution is 2.27. The summed E-state index contributed by atoms with van der Waals surface area (Å²) in [5.74, 6) is 0.278. The lowest BCUT2D eigenvalue weighted by atomic mass is 9.84. The number of rotatable bonds is 8. The van der Waals surface area contributed by atoms with Gasteiger partial charge in [-0.05, 0) is 23.5 Å². The standard InChI is InChI=1S/C21H24Cl2O3/c1-14(2)20(15(3)9-19(22)23)21(24)26-13-17-11-18(25-12-17)10-16-7-5-4-6-8-16/h4-9,11-12,14-15,20H,10,13H2,1-3H3. The first-order valence-corrected chi connectivity index (χ1v) is 9.42. The van der Waals surface area contributed by atoms with E-state index in [4.69, 9.17) is 32.4 Å². The molecule has 140 valence electrons. The molecule has 0 saturated heterocycles. The van der Waals surface area contributed by atoms with Crippen molar-refractivity contribution < 1.29 is 13.9 Å². The number of halogens is 2. The molecule has 0 aliphatic rings. The van der Waals surface area contributed by atoms with Gasteiger partial charge in [0.25, 0.3) is 0 Å². The van der Waals surface area contributed by atoms with E-state index >= 15 is 0 Å². The molecule has 2 unspecified atom stereocenters. The van der Waals surface area contributed by atoms with Gasteiger partial charge in [-0.25, -0.2) is 0 Å². The van der Waals surface area contributed by atoms with Crippen LogP contribution in [0.4, 0.5) is 0 Å². The molecule has 2 aromatic rings. The summed E-state index contributed by atoms with van der Waals surface area (Å²) in [4.78, 5) is 12.5. The number of benzene rings is 1. The summed E-state index contributed by atoms with van der Waals surface area (Å²) in [6.07, 6.45) is 4.01. The highest BCUT2D eigenvalue weighted by atomic mass is 35.5. The number of allylic oxidation sites excluding steroid dienone is 1. The van der Waals surface area contributed by atoms with Crippen LogP contribution in [0.5, 0.6) is 0 Å². The minimum atomic E-state index is -0.307. The fourth-order valence-electron chi connectivity index (χ4n) is 3.04. The van der Waals surface area contributed by atoms with Crippen molar-refractivity contribution in [3.63, 3.8) is 0 Å². The van der Waals surface area contributed by atoms with Crippen LogP contribution in [0, 0.1) is 17.8 Å². The number of ether oxygens (including phenoxy) is 1. The molecule has 0 aliphatic heterocycles. The Labute approximate surface area is 164 Å². The first-order chi connectivity index (χ1) is 12.4. The molecule has 0 spiro atoms. The predicted octanol–water partition coefficient (Wildman–Crippen LogP) is 6.14. The van der Waals surface area contributed by atoms with E-state index in [0.717, 1.165) is 11.3 Å². The van der Waals surface area contributed by atoms with Gasteiger partial charge >= 0.3 is 5.97 Å². The number of furan rings is 1. The topological polar surface area (TPSA) is 39.4 Å². The lowest BCUT2D eigenvalue weighted by Gasteiger charge is -2.23. The van der Waals surface area contributed by atoms with Crippen LogP contribution < -0.4 is 0 Å². The zero-order valence-corrected chi connectivity index (χ0v) is 16.8. The monoisotopic (exact) mass is 394 g/mol. The molecule has 1 aromatic heterocycles. The normalized spacial score (nSPS) is 13.3. The Morgan fingerprint density at radius 2 is 1.85 bits per heavy atom. The minimum absolute atomic E-state index is 0.106. The number of esters is 1. The second-order valence-corrected chi connectivity index (χ2v) is 7.78. The van der Waals surface area contributed by atoms with Gasteiger partial charge in [0.2, 0.25) is 0 Å². The van der Waals surface area contributed by atoms with E-state index in [0.29, 0.717) is 6.42 Å². The van der Waals surface area contributed by atoms with Crippen LogP contribution in [0.25, 0.3) is 0 Å². The molecule has 2 rings (SSSR count). The van der Waals surface area contributed by atoms with Crippen LogP contribution in [0.15, 0.2) is 57.6 Å². The highest BCUT2D eigenvalue weighted by Gasteiger charge is 2.29. The van der Waals surface area contributed by atoms with Gasteiger partial charge < -0.3 is 9.15 Å². The van der Waals surface area contributed by atoms with Gasteiger partial charge in [-0.15, -0.1) is 0 Å². The Morgan fingerprint density at radius 3 is 2.46 bits per heavy atom. The van der Waals surface area contributed by atoms with Crippen molar-refractivity contribution in [2.45, 2.75) is 33.8 Å². The summed E-state index contributed by atoms with van der Waals surface area (Å²) in [7, 11) is 0. The van der Waals surface area contributed by atoms with Crippen LogP contribution in [-0.4, -0.2) is 5.97 Å². The fraction of sp³-hybridized carbons (Fsp3) is 0.381. The van der Waals surface area contributed by atoms with Gasteiger partial charge in [0.05, 0.1) is 12.2 Å². The van der Waals surface area contributed by atoms with Crippen molar-refractivity contribution >= 4 is 29.2 Å². The Balaban J connectivity index is 1.94. The van der Waals surface area contributed by atoms with E-state index in [1.54, 1.807) is 12.3 Å². The van der Waals surface area contributed by atoms with Crippen molar-refractivity contribution in [1.29, 1.82) is 0 Å². The molecular weight excluding hydrogens is 371 g/mol.